The third-order valence-electron chi connectivity index (χ3n) is 3.34. The van der Waals surface area contributed by atoms with Gasteiger partial charge in [0.25, 0.3) is 0 Å². The fourth-order valence-electron chi connectivity index (χ4n) is 2.40. The molecule has 0 spiro atoms. The van der Waals surface area contributed by atoms with Crippen LogP contribution in [0.5, 0.6) is 0 Å². The van der Waals surface area contributed by atoms with Gasteiger partial charge in [-0.1, -0.05) is 25.0 Å². The maximum atomic E-state index is 13.1. The Kier molecular flexibility index (Phi) is 3.06. The van der Waals surface area contributed by atoms with Crippen LogP contribution in [0, 0.1) is 12.7 Å². The van der Waals surface area contributed by atoms with Crippen LogP contribution in [-0.4, -0.2) is 11.2 Å². The molecule has 1 saturated carbocycles. The molecule has 1 nitrogen and oxygen atoms in total. The normalized spacial score (nSPS) is 26.6. The summed E-state index contributed by atoms with van der Waals surface area (Å²) < 4.78 is 13.1. The smallest absolute Gasteiger partial charge is 0.126 e. The van der Waals surface area contributed by atoms with E-state index < -0.39 is 0 Å². The molecule has 0 aromatic heterocycles. The minimum Gasteiger partial charge on any atom is -0.392 e. The van der Waals surface area contributed by atoms with E-state index >= 15 is 0 Å². The van der Waals surface area contributed by atoms with Crippen molar-refractivity contribution in [3.63, 3.8) is 0 Å². The van der Waals surface area contributed by atoms with Gasteiger partial charge in [-0.2, -0.15) is 0 Å². The SMILES string of the molecule is Cc1cc(C2CCCCC2O)ccc1F. The molecule has 2 heteroatoms. The zero-order valence-corrected chi connectivity index (χ0v) is 9.04. The molecule has 2 unspecified atom stereocenters. The molecule has 0 amide bonds. The van der Waals surface area contributed by atoms with Gasteiger partial charge in [-0.05, 0) is 37.0 Å². The van der Waals surface area contributed by atoms with Crippen LogP contribution >= 0.6 is 0 Å². The fraction of sp³-hybridized carbons (Fsp3) is 0.538. The summed E-state index contributed by atoms with van der Waals surface area (Å²) in [6, 6.07) is 5.18. The van der Waals surface area contributed by atoms with E-state index in [2.05, 4.69) is 0 Å². The zero-order chi connectivity index (χ0) is 10.8. The lowest BCUT2D eigenvalue weighted by Crippen LogP contribution is -2.22. The molecule has 2 rings (SSSR count). The van der Waals surface area contributed by atoms with Crippen LogP contribution in [-0.2, 0) is 0 Å². The van der Waals surface area contributed by atoms with Gasteiger partial charge < -0.3 is 5.11 Å². The Labute approximate surface area is 89.9 Å². The predicted octanol–water partition coefficient (Wildman–Crippen LogP) is 3.15. The van der Waals surface area contributed by atoms with E-state index in [1.165, 1.54) is 6.07 Å². The van der Waals surface area contributed by atoms with Crippen molar-refractivity contribution >= 4 is 0 Å². The average Bonchev–Trinajstić information content (AvgIpc) is 2.23. The van der Waals surface area contributed by atoms with Gasteiger partial charge in [0.2, 0.25) is 0 Å². The lowest BCUT2D eigenvalue weighted by atomic mass is 9.81. The van der Waals surface area contributed by atoms with Crippen LogP contribution in [0.3, 0.4) is 0 Å². The maximum absolute atomic E-state index is 13.1. The summed E-state index contributed by atoms with van der Waals surface area (Å²) in [6.07, 6.45) is 3.92. The van der Waals surface area contributed by atoms with Gasteiger partial charge in [-0.15, -0.1) is 0 Å². The number of hydrogen-bond donors (Lipinski definition) is 1. The molecule has 1 N–H and O–H groups in total. The Morgan fingerprint density at radius 3 is 2.67 bits per heavy atom. The largest absolute Gasteiger partial charge is 0.392 e. The Morgan fingerprint density at radius 1 is 1.27 bits per heavy atom. The standard InChI is InChI=1S/C13H17FO/c1-9-8-10(6-7-12(9)14)11-4-2-3-5-13(11)15/h6-8,11,13,15H,2-5H2,1H3. The summed E-state index contributed by atoms with van der Waals surface area (Å²) in [4.78, 5) is 0. The summed E-state index contributed by atoms with van der Waals surface area (Å²) in [5, 5.41) is 9.89. The summed E-state index contributed by atoms with van der Waals surface area (Å²) in [5.41, 5.74) is 1.76. The Morgan fingerprint density at radius 2 is 2.00 bits per heavy atom. The first kappa shape index (κ1) is 10.6. The number of aliphatic hydroxyl groups is 1. The van der Waals surface area contributed by atoms with E-state index in [1.807, 2.05) is 12.1 Å². The second kappa shape index (κ2) is 4.31. The zero-order valence-electron chi connectivity index (χ0n) is 9.04. The number of aryl methyl sites for hydroxylation is 1. The van der Waals surface area contributed by atoms with Gasteiger partial charge in [-0.25, -0.2) is 4.39 Å². The monoisotopic (exact) mass is 208 g/mol. The van der Waals surface area contributed by atoms with Crippen LogP contribution < -0.4 is 0 Å². The van der Waals surface area contributed by atoms with E-state index in [0.717, 1.165) is 31.2 Å². The highest BCUT2D eigenvalue weighted by atomic mass is 19.1. The van der Waals surface area contributed by atoms with E-state index in [-0.39, 0.29) is 17.8 Å². The van der Waals surface area contributed by atoms with E-state index in [4.69, 9.17) is 0 Å². The van der Waals surface area contributed by atoms with E-state index in [9.17, 15) is 9.50 Å². The average molecular weight is 208 g/mol. The molecule has 1 aromatic rings. The van der Waals surface area contributed by atoms with Gasteiger partial charge >= 0.3 is 0 Å². The summed E-state index contributed by atoms with van der Waals surface area (Å²) in [7, 11) is 0. The number of rotatable bonds is 1. The van der Waals surface area contributed by atoms with Crippen molar-refractivity contribution in [2.75, 3.05) is 0 Å². The van der Waals surface area contributed by atoms with Gasteiger partial charge in [-0.3, -0.25) is 0 Å². The van der Waals surface area contributed by atoms with Gasteiger partial charge in [0.15, 0.2) is 0 Å². The second-order valence-electron chi connectivity index (χ2n) is 4.47. The number of benzene rings is 1. The summed E-state index contributed by atoms with van der Waals surface area (Å²) in [6.45, 7) is 1.77. The van der Waals surface area contributed by atoms with Crippen LogP contribution in [0.4, 0.5) is 4.39 Å². The lowest BCUT2D eigenvalue weighted by Gasteiger charge is -2.28. The number of halogens is 1. The fourth-order valence-corrected chi connectivity index (χ4v) is 2.40. The highest BCUT2D eigenvalue weighted by Crippen LogP contribution is 2.33. The molecule has 0 saturated heterocycles. The first-order chi connectivity index (χ1) is 7.18. The van der Waals surface area contributed by atoms with Crippen molar-refractivity contribution in [1.29, 1.82) is 0 Å². The first-order valence-electron chi connectivity index (χ1n) is 5.62. The third-order valence-corrected chi connectivity index (χ3v) is 3.34. The molecule has 0 bridgehead atoms. The van der Waals surface area contributed by atoms with Gasteiger partial charge in [0, 0.05) is 5.92 Å². The van der Waals surface area contributed by atoms with Gasteiger partial charge in [0.05, 0.1) is 6.10 Å². The Hall–Kier alpha value is -0.890. The lowest BCUT2D eigenvalue weighted by molar-refractivity contribution is 0.106. The molecule has 15 heavy (non-hydrogen) atoms. The Balaban J connectivity index is 2.24. The molecular formula is C13H17FO. The first-order valence-corrected chi connectivity index (χ1v) is 5.62. The van der Waals surface area contributed by atoms with Crippen LogP contribution in [0.25, 0.3) is 0 Å². The topological polar surface area (TPSA) is 20.2 Å². The molecule has 1 aliphatic carbocycles. The predicted molar refractivity (Wildman–Crippen MR) is 58.4 cm³/mol. The summed E-state index contributed by atoms with van der Waals surface area (Å²) in [5.74, 6) is 0.0436. The Bertz CT molecular complexity index is 348. The van der Waals surface area contributed by atoms with Crippen molar-refractivity contribution in [3.05, 3.63) is 35.1 Å². The highest BCUT2D eigenvalue weighted by molar-refractivity contribution is 5.28. The highest BCUT2D eigenvalue weighted by Gasteiger charge is 2.24. The second-order valence-corrected chi connectivity index (χ2v) is 4.47. The quantitative estimate of drug-likeness (QED) is 0.751. The van der Waals surface area contributed by atoms with Gasteiger partial charge in [0.1, 0.15) is 5.82 Å². The van der Waals surface area contributed by atoms with Crippen LogP contribution in [0.2, 0.25) is 0 Å². The van der Waals surface area contributed by atoms with Crippen LogP contribution in [0.1, 0.15) is 42.7 Å². The molecule has 1 aliphatic rings. The van der Waals surface area contributed by atoms with Crippen molar-refractivity contribution in [2.24, 2.45) is 0 Å². The molecule has 0 radical (unpaired) electrons. The molecule has 0 heterocycles. The van der Waals surface area contributed by atoms with E-state index in [1.54, 1.807) is 6.92 Å². The molecule has 2 atom stereocenters. The minimum atomic E-state index is -0.247. The number of hydrogen-bond acceptors (Lipinski definition) is 1. The third kappa shape index (κ3) is 2.20. The van der Waals surface area contributed by atoms with E-state index in [0.29, 0.717) is 5.56 Å². The maximum Gasteiger partial charge on any atom is 0.126 e. The molecule has 1 fully saturated rings. The van der Waals surface area contributed by atoms with Crippen molar-refractivity contribution in [2.45, 2.75) is 44.6 Å². The van der Waals surface area contributed by atoms with Crippen molar-refractivity contribution < 1.29 is 9.50 Å². The van der Waals surface area contributed by atoms with Crippen molar-refractivity contribution in [1.82, 2.24) is 0 Å². The summed E-state index contributed by atoms with van der Waals surface area (Å²) >= 11 is 0. The molecular weight excluding hydrogens is 191 g/mol. The minimum absolute atomic E-state index is 0.163. The van der Waals surface area contributed by atoms with Crippen molar-refractivity contribution in [3.8, 4) is 0 Å². The number of aliphatic hydroxyl groups excluding tert-OH is 1. The molecule has 0 aliphatic heterocycles. The van der Waals surface area contributed by atoms with Crippen LogP contribution in [0.15, 0.2) is 18.2 Å². The molecule has 1 aromatic carbocycles. The molecule has 82 valence electrons.